The average molecular weight is 271 g/mol. The molecular weight excluding hydrogens is 252 g/mol. The van der Waals surface area contributed by atoms with Crippen LogP contribution in [0.1, 0.15) is 37.0 Å². The van der Waals surface area contributed by atoms with Gasteiger partial charge in [0.05, 0.1) is 13.5 Å². The Morgan fingerprint density at radius 3 is 2.44 bits per heavy atom. The third-order valence-corrected chi connectivity index (χ3v) is 3.43. The number of aryl methyl sites for hydroxylation is 1. The van der Waals surface area contributed by atoms with Gasteiger partial charge in [0.25, 0.3) is 0 Å². The first-order valence-corrected chi connectivity index (χ1v) is 6.14. The van der Waals surface area contributed by atoms with Gasteiger partial charge in [-0.25, -0.2) is 0 Å². The van der Waals surface area contributed by atoms with Gasteiger partial charge in [-0.3, -0.25) is 4.79 Å². The molecule has 0 saturated heterocycles. The van der Waals surface area contributed by atoms with Crippen molar-refractivity contribution in [3.05, 3.63) is 27.8 Å². The van der Waals surface area contributed by atoms with E-state index in [2.05, 4.69) is 0 Å². The van der Waals surface area contributed by atoms with Gasteiger partial charge in [-0.05, 0) is 36.6 Å². The number of carboxylic acid groups (broad SMARTS) is 1. The summed E-state index contributed by atoms with van der Waals surface area (Å²) in [6, 6.07) is 1.83. The second-order valence-electron chi connectivity index (χ2n) is 5.16. The Balaban J connectivity index is 3.45. The zero-order valence-electron chi connectivity index (χ0n) is 11.4. The molecule has 0 spiro atoms. The van der Waals surface area contributed by atoms with Gasteiger partial charge >= 0.3 is 5.97 Å². The van der Waals surface area contributed by atoms with Crippen molar-refractivity contribution in [1.82, 2.24) is 0 Å². The quantitative estimate of drug-likeness (QED) is 0.907. The number of rotatable bonds is 4. The van der Waals surface area contributed by atoms with Crippen LogP contribution in [0.5, 0.6) is 5.75 Å². The number of methoxy groups -OCH3 is 1. The van der Waals surface area contributed by atoms with Gasteiger partial charge in [0.15, 0.2) is 0 Å². The zero-order chi connectivity index (χ0) is 14.1. The number of aliphatic carboxylic acids is 1. The number of ether oxygens (including phenoxy) is 1. The molecule has 0 aliphatic rings. The minimum absolute atomic E-state index is 0.0276. The van der Waals surface area contributed by atoms with E-state index >= 15 is 0 Å². The number of carboxylic acids is 1. The number of benzene rings is 1. The van der Waals surface area contributed by atoms with Crippen LogP contribution in [-0.4, -0.2) is 18.2 Å². The van der Waals surface area contributed by atoms with Crippen LogP contribution in [0.3, 0.4) is 0 Å². The van der Waals surface area contributed by atoms with E-state index in [9.17, 15) is 4.79 Å². The molecule has 0 aliphatic carbocycles. The molecule has 0 amide bonds. The Hall–Kier alpha value is -1.22. The molecule has 4 heteroatoms. The summed E-state index contributed by atoms with van der Waals surface area (Å²) in [5, 5.41) is 9.59. The molecule has 0 aromatic heterocycles. The lowest BCUT2D eigenvalue weighted by Crippen LogP contribution is -2.23. The first-order chi connectivity index (χ1) is 8.20. The van der Waals surface area contributed by atoms with Crippen molar-refractivity contribution >= 4 is 17.6 Å². The van der Waals surface area contributed by atoms with Gasteiger partial charge in [0.1, 0.15) is 5.75 Å². The van der Waals surface area contributed by atoms with Crippen LogP contribution in [0, 0.1) is 13.8 Å². The van der Waals surface area contributed by atoms with Crippen LogP contribution in [0.25, 0.3) is 0 Å². The Morgan fingerprint density at radius 1 is 1.44 bits per heavy atom. The predicted molar refractivity (Wildman–Crippen MR) is 72.8 cm³/mol. The van der Waals surface area contributed by atoms with E-state index in [0.717, 1.165) is 22.4 Å². The van der Waals surface area contributed by atoms with Gasteiger partial charge in [-0.15, -0.1) is 0 Å². The third kappa shape index (κ3) is 2.78. The SMILES string of the molecule is COc1c(C)cc(Cl)c(C(C)(C)CC(=O)O)c1C. The molecule has 0 fully saturated rings. The van der Waals surface area contributed by atoms with Gasteiger partial charge in [-0.2, -0.15) is 0 Å². The zero-order valence-corrected chi connectivity index (χ0v) is 12.2. The average Bonchev–Trinajstić information content (AvgIpc) is 2.13. The molecular formula is C14H19ClO3. The fourth-order valence-corrected chi connectivity index (χ4v) is 3.09. The topological polar surface area (TPSA) is 46.5 Å². The molecule has 18 heavy (non-hydrogen) atoms. The summed E-state index contributed by atoms with van der Waals surface area (Å²) < 4.78 is 5.37. The number of carbonyl (C=O) groups is 1. The molecule has 1 rings (SSSR count). The maximum absolute atomic E-state index is 11.0. The fourth-order valence-electron chi connectivity index (χ4n) is 2.53. The van der Waals surface area contributed by atoms with E-state index in [4.69, 9.17) is 21.4 Å². The lowest BCUT2D eigenvalue weighted by Gasteiger charge is -2.28. The molecule has 0 atom stereocenters. The van der Waals surface area contributed by atoms with Crippen molar-refractivity contribution in [1.29, 1.82) is 0 Å². The Labute approximate surface area is 113 Å². The second-order valence-corrected chi connectivity index (χ2v) is 5.57. The summed E-state index contributed by atoms with van der Waals surface area (Å²) in [6.45, 7) is 7.59. The van der Waals surface area contributed by atoms with Crippen LogP contribution >= 0.6 is 11.6 Å². The minimum Gasteiger partial charge on any atom is -0.496 e. The van der Waals surface area contributed by atoms with Crippen LogP contribution in [-0.2, 0) is 10.2 Å². The summed E-state index contributed by atoms with van der Waals surface area (Å²) in [5.74, 6) is -0.0668. The minimum atomic E-state index is -0.838. The molecule has 0 saturated carbocycles. The van der Waals surface area contributed by atoms with E-state index in [1.165, 1.54) is 0 Å². The van der Waals surface area contributed by atoms with Crippen LogP contribution in [0.4, 0.5) is 0 Å². The maximum Gasteiger partial charge on any atom is 0.304 e. The highest BCUT2D eigenvalue weighted by Crippen LogP contribution is 2.40. The molecule has 1 N–H and O–H groups in total. The van der Waals surface area contributed by atoms with E-state index in [-0.39, 0.29) is 6.42 Å². The van der Waals surface area contributed by atoms with Crippen molar-refractivity contribution in [2.24, 2.45) is 0 Å². The van der Waals surface area contributed by atoms with E-state index in [1.54, 1.807) is 7.11 Å². The molecule has 0 unspecified atom stereocenters. The van der Waals surface area contributed by atoms with E-state index in [0.29, 0.717) is 5.02 Å². The maximum atomic E-state index is 11.0. The number of hydrogen-bond donors (Lipinski definition) is 1. The normalized spacial score (nSPS) is 11.4. The molecule has 3 nitrogen and oxygen atoms in total. The molecule has 100 valence electrons. The van der Waals surface area contributed by atoms with Gasteiger partial charge in [-0.1, -0.05) is 25.4 Å². The molecule has 0 bridgehead atoms. The van der Waals surface area contributed by atoms with Crippen LogP contribution in [0.2, 0.25) is 5.02 Å². The second kappa shape index (κ2) is 5.19. The first kappa shape index (κ1) is 14.8. The lowest BCUT2D eigenvalue weighted by molar-refractivity contribution is -0.138. The Kier molecular flexibility index (Phi) is 4.28. The van der Waals surface area contributed by atoms with Gasteiger partial charge < -0.3 is 9.84 Å². The van der Waals surface area contributed by atoms with Crippen molar-refractivity contribution in [2.45, 2.75) is 39.5 Å². The lowest BCUT2D eigenvalue weighted by atomic mass is 9.78. The monoisotopic (exact) mass is 270 g/mol. The summed E-state index contributed by atoms with van der Waals surface area (Å²) in [5.41, 5.74) is 2.17. The highest BCUT2D eigenvalue weighted by Gasteiger charge is 2.30. The van der Waals surface area contributed by atoms with Crippen LogP contribution in [0.15, 0.2) is 6.07 Å². The van der Waals surface area contributed by atoms with Crippen molar-refractivity contribution in [2.75, 3.05) is 7.11 Å². The smallest absolute Gasteiger partial charge is 0.304 e. The van der Waals surface area contributed by atoms with Crippen molar-refractivity contribution in [3.8, 4) is 5.75 Å². The summed E-state index contributed by atoms with van der Waals surface area (Å²) in [6.07, 6.45) is 0.0276. The number of halogens is 1. The van der Waals surface area contributed by atoms with Crippen molar-refractivity contribution < 1.29 is 14.6 Å². The standard InChI is InChI=1S/C14H19ClO3/c1-8-6-10(15)12(9(2)13(8)18-5)14(3,4)7-11(16)17/h6H,7H2,1-5H3,(H,16,17). The Morgan fingerprint density at radius 2 is 2.00 bits per heavy atom. The third-order valence-electron chi connectivity index (χ3n) is 3.13. The largest absolute Gasteiger partial charge is 0.496 e. The van der Waals surface area contributed by atoms with Crippen LogP contribution < -0.4 is 4.74 Å². The predicted octanol–water partition coefficient (Wildman–Crippen LogP) is 3.72. The summed E-state index contributed by atoms with van der Waals surface area (Å²) >= 11 is 6.28. The molecule has 0 heterocycles. The first-order valence-electron chi connectivity index (χ1n) is 5.76. The van der Waals surface area contributed by atoms with Gasteiger partial charge in [0.2, 0.25) is 0 Å². The van der Waals surface area contributed by atoms with E-state index in [1.807, 2.05) is 33.8 Å². The summed E-state index contributed by atoms with van der Waals surface area (Å²) in [4.78, 5) is 11.0. The van der Waals surface area contributed by atoms with Gasteiger partial charge in [0, 0.05) is 10.4 Å². The molecule has 0 radical (unpaired) electrons. The van der Waals surface area contributed by atoms with Crippen molar-refractivity contribution in [3.63, 3.8) is 0 Å². The number of hydrogen-bond acceptors (Lipinski definition) is 2. The highest BCUT2D eigenvalue weighted by atomic mass is 35.5. The fraction of sp³-hybridized carbons (Fsp3) is 0.500. The molecule has 0 aliphatic heterocycles. The summed E-state index contributed by atoms with van der Waals surface area (Å²) in [7, 11) is 1.61. The molecule has 1 aromatic carbocycles. The highest BCUT2D eigenvalue weighted by molar-refractivity contribution is 6.31. The van der Waals surface area contributed by atoms with E-state index < -0.39 is 11.4 Å². The Bertz CT molecular complexity index is 478. The molecule has 1 aromatic rings.